The van der Waals surface area contributed by atoms with Gasteiger partial charge in [0.05, 0.1) is 13.7 Å². The van der Waals surface area contributed by atoms with E-state index >= 15 is 0 Å². The highest BCUT2D eigenvalue weighted by atomic mass is 16.5. The zero-order valence-electron chi connectivity index (χ0n) is 18.5. The second kappa shape index (κ2) is 10.8. The summed E-state index contributed by atoms with van der Waals surface area (Å²) in [7, 11) is 1.62. The molecule has 0 fully saturated rings. The van der Waals surface area contributed by atoms with Crippen molar-refractivity contribution in [3.05, 3.63) is 72.3 Å². The lowest BCUT2D eigenvalue weighted by Gasteiger charge is -2.26. The van der Waals surface area contributed by atoms with Crippen LogP contribution >= 0.6 is 0 Å². The predicted molar refractivity (Wildman–Crippen MR) is 123 cm³/mol. The van der Waals surface area contributed by atoms with Gasteiger partial charge in [-0.15, -0.1) is 6.58 Å². The molecule has 1 aliphatic rings. The summed E-state index contributed by atoms with van der Waals surface area (Å²) in [6, 6.07) is 14.9. The van der Waals surface area contributed by atoms with Gasteiger partial charge in [-0.1, -0.05) is 18.2 Å². The molecule has 1 amide bonds. The van der Waals surface area contributed by atoms with Crippen molar-refractivity contribution < 1.29 is 24.1 Å². The summed E-state index contributed by atoms with van der Waals surface area (Å²) < 4.78 is 16.7. The molecule has 2 atom stereocenters. The van der Waals surface area contributed by atoms with Crippen molar-refractivity contribution in [1.29, 1.82) is 0 Å². The number of aliphatic imine (C=N–C) groups is 1. The first-order valence-corrected chi connectivity index (χ1v) is 10.6. The quantitative estimate of drug-likeness (QED) is 0.415. The van der Waals surface area contributed by atoms with Crippen LogP contribution in [0.4, 0.5) is 0 Å². The average molecular weight is 439 g/mol. The molecule has 1 heterocycles. The van der Waals surface area contributed by atoms with Crippen molar-refractivity contribution in [2.24, 2.45) is 4.99 Å². The van der Waals surface area contributed by atoms with Gasteiger partial charge in [-0.05, 0) is 48.9 Å². The van der Waals surface area contributed by atoms with Gasteiger partial charge in [-0.25, -0.2) is 4.99 Å². The normalized spacial score (nSPS) is 19.6. The maximum atomic E-state index is 13.2. The lowest BCUT2D eigenvalue weighted by molar-refractivity contribution is -0.128. The van der Waals surface area contributed by atoms with E-state index in [1.807, 2.05) is 55.5 Å². The highest BCUT2D eigenvalue weighted by molar-refractivity contribution is 6.00. The van der Waals surface area contributed by atoms with Gasteiger partial charge in [-0.2, -0.15) is 0 Å². The largest absolute Gasteiger partial charge is 0.497 e. The van der Waals surface area contributed by atoms with E-state index in [-0.39, 0.29) is 12.5 Å². The van der Waals surface area contributed by atoms with E-state index in [9.17, 15) is 4.79 Å². The number of nitrogens with one attached hydrogen (secondary N) is 1. The minimum Gasteiger partial charge on any atom is -0.497 e. The molecule has 0 unspecified atom stereocenters. The number of methoxy groups -OCH3 is 1. The van der Waals surface area contributed by atoms with Crippen LogP contribution in [0, 0.1) is 0 Å². The Morgan fingerprint density at radius 3 is 2.53 bits per heavy atom. The minimum atomic E-state index is -1.08. The standard InChI is InChI=1S/C25H30N2O5/c1-4-14-25(24(29)26-17-19-6-10-21(30-3)11-7-19)18(2)32-23(27-25)20-8-12-22(13-9-20)31-16-5-15-28/h4,6-13,18,28H,1,5,14-17H2,2-3H3,(H,26,29)/t18-,25-/m1/s1. The molecular formula is C25H30N2O5. The molecule has 0 bridgehead atoms. The number of ether oxygens (including phenoxy) is 3. The van der Waals surface area contributed by atoms with Gasteiger partial charge in [-0.3, -0.25) is 4.79 Å². The van der Waals surface area contributed by atoms with E-state index in [1.165, 1.54) is 0 Å². The van der Waals surface area contributed by atoms with Crippen LogP contribution in [-0.2, 0) is 16.1 Å². The van der Waals surface area contributed by atoms with Crippen molar-refractivity contribution in [3.8, 4) is 11.5 Å². The third kappa shape index (κ3) is 5.29. The van der Waals surface area contributed by atoms with E-state index in [2.05, 4.69) is 11.9 Å². The summed E-state index contributed by atoms with van der Waals surface area (Å²) in [5.74, 6) is 1.67. The number of carbonyl (C=O) groups excluding carboxylic acids is 1. The monoisotopic (exact) mass is 438 g/mol. The van der Waals surface area contributed by atoms with Crippen molar-refractivity contribution in [1.82, 2.24) is 5.32 Å². The SMILES string of the molecule is C=CC[C@@]1(C(=O)NCc2ccc(OC)cc2)N=C(c2ccc(OCCCO)cc2)O[C@@H]1C. The van der Waals surface area contributed by atoms with Crippen molar-refractivity contribution in [2.45, 2.75) is 38.0 Å². The molecular weight excluding hydrogens is 408 g/mol. The molecule has 170 valence electrons. The topological polar surface area (TPSA) is 89.4 Å². The van der Waals surface area contributed by atoms with Gasteiger partial charge >= 0.3 is 0 Å². The van der Waals surface area contributed by atoms with Crippen LogP contribution in [0.2, 0.25) is 0 Å². The van der Waals surface area contributed by atoms with E-state index in [0.29, 0.717) is 37.6 Å². The van der Waals surface area contributed by atoms with Crippen LogP contribution < -0.4 is 14.8 Å². The lowest BCUT2D eigenvalue weighted by Crippen LogP contribution is -2.50. The Balaban J connectivity index is 1.73. The zero-order valence-corrected chi connectivity index (χ0v) is 18.5. The molecule has 0 aromatic heterocycles. The van der Waals surface area contributed by atoms with Crippen LogP contribution in [-0.4, -0.2) is 48.9 Å². The van der Waals surface area contributed by atoms with Crippen LogP contribution in [0.5, 0.6) is 11.5 Å². The highest BCUT2D eigenvalue weighted by Gasteiger charge is 2.49. The number of rotatable bonds is 11. The molecule has 1 aliphatic heterocycles. The zero-order chi connectivity index (χ0) is 23.0. The number of carbonyl (C=O) groups is 1. The summed E-state index contributed by atoms with van der Waals surface area (Å²) in [5.41, 5.74) is 0.639. The molecule has 0 aliphatic carbocycles. The van der Waals surface area contributed by atoms with Crippen molar-refractivity contribution in [3.63, 3.8) is 0 Å². The molecule has 7 nitrogen and oxygen atoms in total. The van der Waals surface area contributed by atoms with E-state index in [1.54, 1.807) is 13.2 Å². The minimum absolute atomic E-state index is 0.0898. The Labute approximate surface area is 188 Å². The molecule has 0 saturated heterocycles. The number of aliphatic hydroxyl groups excluding tert-OH is 1. The molecule has 0 radical (unpaired) electrons. The third-order valence-corrected chi connectivity index (χ3v) is 5.40. The first-order chi connectivity index (χ1) is 15.5. The molecule has 3 rings (SSSR count). The number of benzene rings is 2. The Bertz CT molecular complexity index is 940. The van der Waals surface area contributed by atoms with Crippen LogP contribution in [0.1, 0.15) is 30.9 Å². The number of hydrogen-bond acceptors (Lipinski definition) is 6. The van der Waals surface area contributed by atoms with Gasteiger partial charge < -0.3 is 24.6 Å². The fourth-order valence-corrected chi connectivity index (χ4v) is 3.48. The van der Waals surface area contributed by atoms with Crippen molar-refractivity contribution >= 4 is 11.8 Å². The first-order valence-electron chi connectivity index (χ1n) is 10.6. The van der Waals surface area contributed by atoms with Gasteiger partial charge in [0.2, 0.25) is 5.90 Å². The predicted octanol–water partition coefficient (Wildman–Crippen LogP) is 3.25. The first kappa shape index (κ1) is 23.3. The number of hydrogen-bond donors (Lipinski definition) is 2. The van der Waals surface area contributed by atoms with E-state index in [4.69, 9.17) is 24.3 Å². The maximum Gasteiger partial charge on any atom is 0.252 e. The van der Waals surface area contributed by atoms with Crippen LogP contribution in [0.15, 0.2) is 66.2 Å². The smallest absolute Gasteiger partial charge is 0.252 e. The van der Waals surface area contributed by atoms with Gasteiger partial charge in [0, 0.05) is 31.6 Å². The number of aliphatic hydroxyl groups is 1. The second-order valence-electron chi connectivity index (χ2n) is 7.57. The summed E-state index contributed by atoms with van der Waals surface area (Å²) in [6.07, 6.45) is 2.17. The van der Waals surface area contributed by atoms with Crippen molar-refractivity contribution in [2.75, 3.05) is 20.3 Å². The number of nitrogens with zero attached hydrogens (tertiary/aromatic N) is 1. The fourth-order valence-electron chi connectivity index (χ4n) is 3.48. The summed E-state index contributed by atoms with van der Waals surface area (Å²) in [5, 5.41) is 11.9. The Hall–Kier alpha value is -3.32. The van der Waals surface area contributed by atoms with E-state index in [0.717, 1.165) is 16.9 Å². The molecule has 7 heteroatoms. The fraction of sp³-hybridized carbons (Fsp3) is 0.360. The second-order valence-corrected chi connectivity index (χ2v) is 7.57. The van der Waals surface area contributed by atoms with Crippen LogP contribution in [0.25, 0.3) is 0 Å². The lowest BCUT2D eigenvalue weighted by atomic mass is 9.89. The van der Waals surface area contributed by atoms with Gasteiger partial charge in [0.15, 0.2) is 5.54 Å². The number of amides is 1. The summed E-state index contributed by atoms with van der Waals surface area (Å²) >= 11 is 0. The molecule has 0 saturated carbocycles. The average Bonchev–Trinajstić information content (AvgIpc) is 3.15. The maximum absolute atomic E-state index is 13.2. The molecule has 2 aromatic carbocycles. The summed E-state index contributed by atoms with van der Waals surface area (Å²) in [4.78, 5) is 18.0. The molecule has 32 heavy (non-hydrogen) atoms. The molecule has 0 spiro atoms. The summed E-state index contributed by atoms with van der Waals surface area (Å²) in [6.45, 7) is 6.57. The van der Waals surface area contributed by atoms with Gasteiger partial charge in [0.1, 0.15) is 17.6 Å². The van der Waals surface area contributed by atoms with Crippen LogP contribution in [0.3, 0.4) is 0 Å². The molecule has 2 aromatic rings. The third-order valence-electron chi connectivity index (χ3n) is 5.40. The Morgan fingerprint density at radius 1 is 1.22 bits per heavy atom. The Morgan fingerprint density at radius 2 is 1.91 bits per heavy atom. The van der Waals surface area contributed by atoms with E-state index < -0.39 is 11.6 Å². The highest BCUT2D eigenvalue weighted by Crippen LogP contribution is 2.32. The molecule has 2 N–H and O–H groups in total. The Kier molecular flexibility index (Phi) is 7.89. The van der Waals surface area contributed by atoms with Gasteiger partial charge in [0.25, 0.3) is 5.91 Å².